The monoisotopic (exact) mass is 1340 g/mol. The van der Waals surface area contributed by atoms with Crippen LogP contribution in [0.4, 0.5) is 0 Å². The van der Waals surface area contributed by atoms with Crippen LogP contribution in [0.2, 0.25) is 0 Å². The second kappa shape index (κ2) is 50.2. The maximum absolute atomic E-state index is 2.63. The molecule has 0 spiro atoms. The molecule has 11 aliphatic heterocycles. The average molecular weight is 1340 g/mol. The van der Waals surface area contributed by atoms with Crippen LogP contribution in [0.25, 0.3) is 0 Å². The summed E-state index contributed by atoms with van der Waals surface area (Å²) in [4.78, 5) is 17.8. The second-order valence-corrected chi connectivity index (χ2v) is 33.5. The van der Waals surface area contributed by atoms with Crippen LogP contribution in [-0.4, -0.2) is 172 Å². The molecule has 11 saturated heterocycles. The van der Waals surface area contributed by atoms with E-state index >= 15 is 0 Å². The largest absolute Gasteiger partial charge is 0.306 e. The van der Waals surface area contributed by atoms with Crippen LogP contribution >= 0.6 is 0 Å². The van der Waals surface area contributed by atoms with Gasteiger partial charge in [-0.3, -0.25) is 0 Å². The van der Waals surface area contributed by atoms with E-state index in [-0.39, 0.29) is 0 Å². The van der Waals surface area contributed by atoms with Crippen LogP contribution in [0.1, 0.15) is 321 Å². The molecule has 18 rings (SSSR count). The molecule has 11 heterocycles. The molecule has 95 heavy (non-hydrogen) atoms. The fourth-order valence-corrected chi connectivity index (χ4v) is 21.7. The Bertz CT molecular complexity index is 1620. The number of piperidine rings is 9. The number of hydrogen-bond donors (Lipinski definition) is 0. The SMILES string of the molecule is CC.CC.CC.CC.CC.CC.CC.CC.CC1C2CC1CN(C)C2.CC1C2CCC1CN(C)C2.CC1CC2CC(C1)N(C)C2.CC1CC2CC1CC2C.CC1CC2CC1CN(C)C2.CC1CC2CCC(C1)N2C.CC1CC2CCC1CN2C.CC1CC2CCCC(C1)N2C. The summed E-state index contributed by atoms with van der Waals surface area (Å²) in [6.45, 7) is 64.7. The fourth-order valence-electron chi connectivity index (χ4n) is 21.7. The molecule has 16 bridgehead atoms. The van der Waals surface area contributed by atoms with E-state index in [1.807, 2.05) is 111 Å². The Balaban J connectivity index is 0.000000527. The van der Waals surface area contributed by atoms with Crippen molar-refractivity contribution in [3.05, 3.63) is 0 Å². The first-order chi connectivity index (χ1) is 45.6. The van der Waals surface area contributed by atoms with Crippen molar-refractivity contribution in [3.63, 3.8) is 0 Å². The van der Waals surface area contributed by atoms with Gasteiger partial charge in [0.1, 0.15) is 0 Å². The molecule has 21 atom stereocenters. The highest BCUT2D eigenvalue weighted by molar-refractivity contribution is 4.97. The fraction of sp³-hybridized carbons (Fsp3) is 1.00. The Morgan fingerprint density at radius 3 is 0.895 bits per heavy atom. The maximum Gasteiger partial charge on any atom is 0.00982 e. The van der Waals surface area contributed by atoms with Gasteiger partial charge in [0.2, 0.25) is 0 Å². The standard InChI is InChI=1S/C10H19N.5C9H17N.C9H16.C8H15N.8C2H6/c1-8-6-9-4-3-5-10(7-8)11(9)2;1-7-3-8-4-9(7)6-10(2)5-8;1-7-3-8-5-9(4-7)10(2)6-8;1-7-8-3-4-9(7)6-10(2)5-8;1-7-5-9-4-3-8(7)6-10(9)2;1-7-5-8-3-4-9(6-7)10(8)2;1-6-3-9-5-8(6)4-7(9)2;1-6-7-3-8(6)5-9(2)4-7;8*1-2/h8-10H,3-7H2,1-2H3;5*7-9H,3-6H2,1-2H3;6-9H,3-5H2,1-2H3;6-8H,3-5H2,1-2H3;8*1-2H3. The van der Waals surface area contributed by atoms with Gasteiger partial charge in [0.15, 0.2) is 0 Å². The third-order valence-electron chi connectivity index (χ3n) is 27.1. The van der Waals surface area contributed by atoms with Crippen molar-refractivity contribution in [2.45, 2.75) is 357 Å². The Morgan fingerprint density at radius 2 is 0.537 bits per heavy atom. The first kappa shape index (κ1) is 92.7. The zero-order valence-electron chi connectivity index (χ0n) is 71.5. The molecular formula is C88H183N7. The van der Waals surface area contributed by atoms with Crippen molar-refractivity contribution in [1.82, 2.24) is 34.3 Å². The van der Waals surface area contributed by atoms with Gasteiger partial charge in [-0.15, -0.1) is 0 Å². The van der Waals surface area contributed by atoms with Gasteiger partial charge < -0.3 is 34.3 Å². The molecule has 0 aromatic carbocycles. The van der Waals surface area contributed by atoms with E-state index < -0.39 is 0 Å². The molecule has 7 saturated carbocycles. The van der Waals surface area contributed by atoms with Crippen LogP contribution in [0.15, 0.2) is 0 Å². The molecule has 0 aromatic heterocycles. The van der Waals surface area contributed by atoms with E-state index in [4.69, 9.17) is 0 Å². The minimum absolute atomic E-state index is 0.928. The van der Waals surface area contributed by atoms with Gasteiger partial charge in [-0.1, -0.05) is 180 Å². The van der Waals surface area contributed by atoms with E-state index in [0.29, 0.717) is 0 Å². The zero-order valence-corrected chi connectivity index (χ0v) is 71.5. The van der Waals surface area contributed by atoms with Crippen molar-refractivity contribution in [2.75, 3.05) is 102 Å². The zero-order chi connectivity index (χ0) is 72.4. The Hall–Kier alpha value is -0.280. The van der Waals surface area contributed by atoms with E-state index in [1.165, 1.54) is 194 Å². The molecule has 21 unspecified atom stereocenters. The molecule has 570 valence electrons. The number of fused-ring (bicyclic) bond motifs is 17. The Morgan fingerprint density at radius 1 is 0.211 bits per heavy atom. The second-order valence-electron chi connectivity index (χ2n) is 33.5. The predicted molar refractivity (Wildman–Crippen MR) is 430 cm³/mol. The van der Waals surface area contributed by atoms with Gasteiger partial charge in [-0.05, 0) is 303 Å². The lowest BCUT2D eigenvalue weighted by molar-refractivity contribution is -0.0212. The predicted octanol–water partition coefficient (Wildman–Crippen LogP) is 22.9. The van der Waals surface area contributed by atoms with Gasteiger partial charge in [0, 0.05) is 88.6 Å². The van der Waals surface area contributed by atoms with Crippen LogP contribution in [0.5, 0.6) is 0 Å². The van der Waals surface area contributed by atoms with Crippen LogP contribution in [0, 0.1) is 112 Å². The molecule has 0 radical (unpaired) electrons. The third kappa shape index (κ3) is 29.1. The molecule has 18 fully saturated rings. The summed E-state index contributed by atoms with van der Waals surface area (Å²) in [5.41, 5.74) is 0. The summed E-state index contributed by atoms with van der Waals surface area (Å²) in [6, 6.07) is 5.60. The highest BCUT2D eigenvalue weighted by Gasteiger charge is 2.44. The first-order valence-electron chi connectivity index (χ1n) is 43.5. The third-order valence-corrected chi connectivity index (χ3v) is 27.1. The van der Waals surface area contributed by atoms with E-state index in [2.05, 4.69) is 146 Å². The van der Waals surface area contributed by atoms with Gasteiger partial charge in [-0.25, -0.2) is 0 Å². The van der Waals surface area contributed by atoms with E-state index in [0.717, 1.165) is 149 Å². The van der Waals surface area contributed by atoms with Crippen molar-refractivity contribution in [2.24, 2.45) is 112 Å². The Labute approximate surface area is 602 Å². The van der Waals surface area contributed by atoms with Crippen molar-refractivity contribution in [3.8, 4) is 0 Å². The van der Waals surface area contributed by atoms with Crippen molar-refractivity contribution < 1.29 is 0 Å². The lowest BCUT2D eigenvalue weighted by Gasteiger charge is -2.51. The summed E-state index contributed by atoms with van der Waals surface area (Å²) >= 11 is 0. The van der Waals surface area contributed by atoms with Gasteiger partial charge in [-0.2, -0.15) is 0 Å². The lowest BCUT2D eigenvalue weighted by atomic mass is 9.63. The molecule has 0 aromatic rings. The van der Waals surface area contributed by atoms with Crippen molar-refractivity contribution in [1.29, 1.82) is 0 Å². The topological polar surface area (TPSA) is 22.7 Å². The average Bonchev–Trinajstić information content (AvgIpc) is 1.79. The minimum Gasteiger partial charge on any atom is -0.306 e. The number of likely N-dealkylation sites (tertiary alicyclic amines) is 3. The molecule has 18 aliphatic rings. The van der Waals surface area contributed by atoms with Gasteiger partial charge >= 0.3 is 0 Å². The normalized spacial score (nSPS) is 41.2. The highest BCUT2D eigenvalue weighted by atomic mass is 15.2. The number of hydrogen-bond acceptors (Lipinski definition) is 7. The molecule has 7 nitrogen and oxygen atoms in total. The summed E-state index contributed by atoms with van der Waals surface area (Å²) in [5, 5.41) is 0. The quantitative estimate of drug-likeness (QED) is 0.238. The molecule has 0 N–H and O–H groups in total. The number of nitrogens with zero attached hydrogens (tertiary/aromatic N) is 7. The summed E-state index contributed by atoms with van der Waals surface area (Å²) in [7, 11) is 15.9. The summed E-state index contributed by atoms with van der Waals surface area (Å²) in [6.07, 6.45) is 34.1. The molecule has 7 heteroatoms. The van der Waals surface area contributed by atoms with Gasteiger partial charge in [0.05, 0.1) is 0 Å². The Kier molecular flexibility index (Phi) is 49.0. The van der Waals surface area contributed by atoms with E-state index in [1.54, 1.807) is 6.42 Å². The van der Waals surface area contributed by atoms with E-state index in [9.17, 15) is 0 Å². The highest BCUT2D eigenvalue weighted by Crippen LogP contribution is 2.51. The van der Waals surface area contributed by atoms with Crippen molar-refractivity contribution >= 4 is 0 Å². The van der Waals surface area contributed by atoms with Crippen LogP contribution < -0.4 is 0 Å². The maximum atomic E-state index is 2.63. The summed E-state index contributed by atoms with van der Waals surface area (Å²) in [5.74, 6) is 19.7. The van der Waals surface area contributed by atoms with Crippen LogP contribution in [0.3, 0.4) is 0 Å². The van der Waals surface area contributed by atoms with Gasteiger partial charge in [0.25, 0.3) is 0 Å². The lowest BCUT2D eigenvalue weighted by Crippen LogP contribution is -2.52. The number of rotatable bonds is 0. The van der Waals surface area contributed by atoms with Crippen LogP contribution in [-0.2, 0) is 0 Å². The smallest absolute Gasteiger partial charge is 0.00982 e. The summed E-state index contributed by atoms with van der Waals surface area (Å²) < 4.78 is 0. The first-order valence-corrected chi connectivity index (χ1v) is 43.5. The molecular weight excluding hydrogens is 1160 g/mol. The minimum atomic E-state index is 0.928. The molecule has 7 aliphatic carbocycles. The molecule has 0 amide bonds.